The highest BCUT2D eigenvalue weighted by Crippen LogP contribution is 2.31. The lowest BCUT2D eigenvalue weighted by Gasteiger charge is -2.07. The van der Waals surface area contributed by atoms with E-state index in [1.54, 1.807) is 12.1 Å². The first-order valence-electron chi connectivity index (χ1n) is 9.15. The van der Waals surface area contributed by atoms with Gasteiger partial charge in [0.05, 0.1) is 16.0 Å². The van der Waals surface area contributed by atoms with Crippen molar-refractivity contribution < 1.29 is 13.2 Å². The predicted molar refractivity (Wildman–Crippen MR) is 123 cm³/mol. The SMILES string of the molecule is Cc1ccc(S(=O)(=O)NC(=O)CSc2nc3scc(-c4ccccc4)c3c(=O)[nH]2)cc1. The van der Waals surface area contributed by atoms with Crippen molar-refractivity contribution in [3.63, 3.8) is 0 Å². The highest BCUT2D eigenvalue weighted by atomic mass is 32.2. The first-order chi connectivity index (χ1) is 14.8. The van der Waals surface area contributed by atoms with Crippen LogP contribution in [-0.4, -0.2) is 30.0 Å². The third-order valence-corrected chi connectivity index (χ3v) is 7.56. The average molecular weight is 472 g/mol. The van der Waals surface area contributed by atoms with Crippen LogP contribution in [0, 0.1) is 6.92 Å². The fourth-order valence-corrected chi connectivity index (χ4v) is 5.66. The standard InChI is InChI=1S/C21H17N3O4S3/c1-13-7-9-15(10-8-13)31(27,28)24-17(25)12-30-21-22-19(26)18-16(11-29-20(18)23-21)14-5-3-2-4-6-14/h2-11H,12H2,1H3,(H,24,25)(H,22,23,26). The first-order valence-corrected chi connectivity index (χ1v) is 12.5. The number of fused-ring (bicyclic) bond motifs is 1. The maximum absolute atomic E-state index is 12.6. The molecule has 0 radical (unpaired) electrons. The van der Waals surface area contributed by atoms with Crippen LogP contribution in [0.15, 0.2) is 74.8 Å². The van der Waals surface area contributed by atoms with Gasteiger partial charge in [0.1, 0.15) is 4.83 Å². The van der Waals surface area contributed by atoms with E-state index in [1.807, 2.05) is 47.4 Å². The summed E-state index contributed by atoms with van der Waals surface area (Å²) in [5.74, 6) is -0.916. The van der Waals surface area contributed by atoms with Gasteiger partial charge in [-0.3, -0.25) is 9.59 Å². The Morgan fingerprint density at radius 2 is 1.84 bits per heavy atom. The Labute approximate surface area is 186 Å². The zero-order valence-corrected chi connectivity index (χ0v) is 18.7. The van der Waals surface area contributed by atoms with E-state index in [1.165, 1.54) is 23.5 Å². The van der Waals surface area contributed by atoms with Gasteiger partial charge in [-0.15, -0.1) is 11.3 Å². The maximum Gasteiger partial charge on any atom is 0.264 e. The summed E-state index contributed by atoms with van der Waals surface area (Å²) in [7, 11) is -3.95. The maximum atomic E-state index is 12.6. The summed E-state index contributed by atoms with van der Waals surface area (Å²) in [5.41, 5.74) is 2.32. The van der Waals surface area contributed by atoms with Crippen LogP contribution >= 0.6 is 23.1 Å². The average Bonchev–Trinajstić information content (AvgIpc) is 3.17. The molecule has 0 fully saturated rings. The lowest BCUT2D eigenvalue weighted by Crippen LogP contribution is -2.32. The normalized spacial score (nSPS) is 11.5. The minimum absolute atomic E-state index is 0.0106. The molecule has 0 aliphatic heterocycles. The van der Waals surface area contributed by atoms with E-state index in [0.29, 0.717) is 10.2 Å². The molecular weight excluding hydrogens is 454 g/mol. The summed E-state index contributed by atoms with van der Waals surface area (Å²) < 4.78 is 26.7. The first kappa shape index (κ1) is 21.3. The van der Waals surface area contributed by atoms with Gasteiger partial charge in [0.2, 0.25) is 5.91 Å². The fourth-order valence-electron chi connectivity index (χ4n) is 2.92. The molecule has 2 N–H and O–H groups in total. The second-order valence-corrected chi connectivity index (χ2v) is 10.2. The molecule has 31 heavy (non-hydrogen) atoms. The molecule has 0 aliphatic rings. The van der Waals surface area contributed by atoms with Crippen molar-refractivity contribution in [1.29, 1.82) is 0 Å². The van der Waals surface area contributed by atoms with Crippen LogP contribution in [0.5, 0.6) is 0 Å². The number of hydrogen-bond donors (Lipinski definition) is 2. The zero-order valence-electron chi connectivity index (χ0n) is 16.3. The highest BCUT2D eigenvalue weighted by Gasteiger charge is 2.18. The van der Waals surface area contributed by atoms with Crippen molar-refractivity contribution in [3.8, 4) is 11.1 Å². The molecule has 0 spiro atoms. The van der Waals surface area contributed by atoms with Gasteiger partial charge in [0, 0.05) is 10.9 Å². The van der Waals surface area contributed by atoms with Gasteiger partial charge in [0.15, 0.2) is 5.16 Å². The molecule has 2 aromatic carbocycles. The van der Waals surface area contributed by atoms with E-state index in [-0.39, 0.29) is 21.4 Å². The quantitative estimate of drug-likeness (QED) is 0.329. The Bertz CT molecular complexity index is 1410. The Morgan fingerprint density at radius 1 is 1.13 bits per heavy atom. The molecule has 0 bridgehead atoms. The van der Waals surface area contributed by atoms with E-state index in [0.717, 1.165) is 28.5 Å². The number of sulfonamides is 1. The van der Waals surface area contributed by atoms with Crippen molar-refractivity contribution in [2.45, 2.75) is 17.0 Å². The number of aryl methyl sites for hydroxylation is 1. The Morgan fingerprint density at radius 3 is 2.55 bits per heavy atom. The molecule has 4 aromatic rings. The summed E-state index contributed by atoms with van der Waals surface area (Å²) in [4.78, 5) is 32.5. The minimum atomic E-state index is -3.95. The fraction of sp³-hybridized carbons (Fsp3) is 0.0952. The Kier molecular flexibility index (Phi) is 5.94. The number of amides is 1. The van der Waals surface area contributed by atoms with Gasteiger partial charge in [-0.1, -0.05) is 59.8 Å². The van der Waals surface area contributed by atoms with Crippen LogP contribution in [0.2, 0.25) is 0 Å². The molecule has 1 amide bonds. The highest BCUT2D eigenvalue weighted by molar-refractivity contribution is 8.00. The van der Waals surface area contributed by atoms with Gasteiger partial charge < -0.3 is 4.98 Å². The van der Waals surface area contributed by atoms with Gasteiger partial charge in [-0.05, 0) is 24.6 Å². The number of thioether (sulfide) groups is 1. The van der Waals surface area contributed by atoms with Gasteiger partial charge in [0.25, 0.3) is 15.6 Å². The van der Waals surface area contributed by atoms with E-state index >= 15 is 0 Å². The van der Waals surface area contributed by atoms with Crippen molar-refractivity contribution in [1.82, 2.24) is 14.7 Å². The van der Waals surface area contributed by atoms with Crippen molar-refractivity contribution in [2.24, 2.45) is 0 Å². The van der Waals surface area contributed by atoms with Crippen LogP contribution in [0.25, 0.3) is 21.3 Å². The molecule has 0 atom stereocenters. The molecule has 0 saturated heterocycles. The van der Waals surface area contributed by atoms with Crippen LogP contribution in [0.3, 0.4) is 0 Å². The topological polar surface area (TPSA) is 109 Å². The summed E-state index contributed by atoms with van der Waals surface area (Å²) in [6.07, 6.45) is 0. The van der Waals surface area contributed by atoms with E-state index in [4.69, 9.17) is 0 Å². The lowest BCUT2D eigenvalue weighted by molar-refractivity contribution is -0.116. The number of thiophene rings is 1. The lowest BCUT2D eigenvalue weighted by atomic mass is 10.1. The third kappa shape index (κ3) is 4.71. The zero-order chi connectivity index (χ0) is 22.0. The van der Waals surface area contributed by atoms with Crippen LogP contribution in [-0.2, 0) is 14.8 Å². The molecule has 7 nitrogen and oxygen atoms in total. The van der Waals surface area contributed by atoms with Crippen LogP contribution in [0.4, 0.5) is 0 Å². The molecule has 2 heterocycles. The molecule has 4 rings (SSSR count). The Balaban J connectivity index is 1.49. The van der Waals surface area contributed by atoms with Gasteiger partial charge in [-0.25, -0.2) is 18.1 Å². The summed E-state index contributed by atoms with van der Waals surface area (Å²) in [6.45, 7) is 1.84. The summed E-state index contributed by atoms with van der Waals surface area (Å²) in [5, 5.41) is 2.62. The number of nitrogens with one attached hydrogen (secondary N) is 2. The van der Waals surface area contributed by atoms with E-state index < -0.39 is 15.9 Å². The van der Waals surface area contributed by atoms with Crippen LogP contribution in [0.1, 0.15) is 5.56 Å². The number of rotatable bonds is 6. The molecule has 10 heteroatoms. The molecular formula is C21H17N3O4S3. The van der Waals surface area contributed by atoms with Gasteiger partial charge in [-0.2, -0.15) is 0 Å². The number of H-pyrrole nitrogens is 1. The third-order valence-electron chi connectivity index (χ3n) is 4.43. The molecule has 0 saturated carbocycles. The van der Waals surface area contributed by atoms with Gasteiger partial charge >= 0.3 is 0 Å². The summed E-state index contributed by atoms with van der Waals surface area (Å²) >= 11 is 2.30. The van der Waals surface area contributed by atoms with E-state index in [9.17, 15) is 18.0 Å². The summed E-state index contributed by atoms with van der Waals surface area (Å²) in [6, 6.07) is 15.7. The largest absolute Gasteiger partial charge is 0.301 e. The van der Waals surface area contributed by atoms with Crippen molar-refractivity contribution >= 4 is 49.2 Å². The molecule has 158 valence electrons. The second kappa shape index (κ2) is 8.66. The number of benzene rings is 2. The molecule has 0 unspecified atom stereocenters. The van der Waals surface area contributed by atoms with Crippen molar-refractivity contribution in [3.05, 3.63) is 75.9 Å². The number of hydrogen-bond acceptors (Lipinski definition) is 7. The smallest absolute Gasteiger partial charge is 0.264 e. The number of carbonyl (C=O) groups excluding carboxylic acids is 1. The number of carbonyl (C=O) groups is 1. The predicted octanol–water partition coefficient (Wildman–Crippen LogP) is 3.56. The number of nitrogens with zero attached hydrogens (tertiary/aromatic N) is 1. The second-order valence-electron chi connectivity index (χ2n) is 6.70. The number of aromatic amines is 1. The number of aromatic nitrogens is 2. The van der Waals surface area contributed by atoms with Crippen molar-refractivity contribution in [2.75, 3.05) is 5.75 Å². The minimum Gasteiger partial charge on any atom is -0.301 e. The van der Waals surface area contributed by atoms with E-state index in [2.05, 4.69) is 9.97 Å². The Hall–Kier alpha value is -2.95. The molecule has 2 aromatic heterocycles. The monoisotopic (exact) mass is 471 g/mol. The molecule has 0 aliphatic carbocycles. The van der Waals surface area contributed by atoms with Crippen LogP contribution < -0.4 is 10.3 Å².